The van der Waals surface area contributed by atoms with Crippen molar-refractivity contribution in [1.82, 2.24) is 5.32 Å². The maximum Gasteiger partial charge on any atom is 0.326 e. The van der Waals surface area contributed by atoms with Crippen molar-refractivity contribution >= 4 is 17.7 Å². The van der Waals surface area contributed by atoms with E-state index in [4.69, 9.17) is 5.11 Å². The quantitative estimate of drug-likeness (QED) is 0.631. The van der Waals surface area contributed by atoms with Crippen LogP contribution in [0.2, 0.25) is 0 Å². The first-order chi connectivity index (χ1) is 5.97. The van der Waals surface area contributed by atoms with Crippen molar-refractivity contribution in [2.75, 3.05) is 0 Å². The van der Waals surface area contributed by atoms with Crippen LogP contribution < -0.4 is 5.32 Å². The van der Waals surface area contributed by atoms with Crippen LogP contribution in [0.1, 0.15) is 26.7 Å². The number of carboxylic acids is 1. The highest BCUT2D eigenvalue weighted by atomic mass is 16.4. The zero-order valence-corrected chi connectivity index (χ0v) is 7.66. The van der Waals surface area contributed by atoms with Crippen LogP contribution in [-0.2, 0) is 14.4 Å². The molecule has 5 heteroatoms. The highest BCUT2D eigenvalue weighted by Crippen LogP contribution is 1.96. The van der Waals surface area contributed by atoms with Gasteiger partial charge in [0, 0.05) is 19.8 Å². The first-order valence-electron chi connectivity index (χ1n) is 3.99. The lowest BCUT2D eigenvalue weighted by atomic mass is 10.1. The average molecular weight is 187 g/mol. The number of hydrogen-bond acceptors (Lipinski definition) is 3. The molecule has 0 aromatic heterocycles. The van der Waals surface area contributed by atoms with E-state index in [0.717, 1.165) is 0 Å². The van der Waals surface area contributed by atoms with E-state index in [1.807, 2.05) is 0 Å². The van der Waals surface area contributed by atoms with Gasteiger partial charge in [-0.15, -0.1) is 0 Å². The minimum Gasteiger partial charge on any atom is -0.480 e. The predicted octanol–water partition coefficient (Wildman–Crippen LogP) is -0.0551. The lowest BCUT2D eigenvalue weighted by Crippen LogP contribution is -2.41. The largest absolute Gasteiger partial charge is 0.480 e. The highest BCUT2D eigenvalue weighted by molar-refractivity contribution is 5.88. The van der Waals surface area contributed by atoms with Crippen LogP contribution in [-0.4, -0.2) is 28.8 Å². The first kappa shape index (κ1) is 11.6. The van der Waals surface area contributed by atoms with E-state index in [1.54, 1.807) is 6.92 Å². The lowest BCUT2D eigenvalue weighted by Gasteiger charge is -2.11. The Hall–Kier alpha value is -1.39. The van der Waals surface area contributed by atoms with Crippen molar-refractivity contribution in [1.29, 1.82) is 0 Å². The second-order valence-corrected chi connectivity index (χ2v) is 2.69. The molecule has 0 rings (SSSR count). The maximum atomic E-state index is 10.9. The number of aliphatic carboxylic acids is 1. The molecule has 0 saturated carbocycles. The van der Waals surface area contributed by atoms with Crippen molar-refractivity contribution in [3.05, 3.63) is 0 Å². The predicted molar refractivity (Wildman–Crippen MR) is 45.2 cm³/mol. The molecule has 13 heavy (non-hydrogen) atoms. The van der Waals surface area contributed by atoms with Gasteiger partial charge in [0.2, 0.25) is 5.91 Å². The zero-order chi connectivity index (χ0) is 10.4. The number of rotatable bonds is 5. The Morgan fingerprint density at radius 2 is 1.92 bits per heavy atom. The molecule has 0 aliphatic heterocycles. The standard InChI is InChI=1S/C8H13NO4/c1-3-6(11)4-7(8(12)13)9-5(2)10/h7H,3-4H2,1-2H3,(H,9,10)(H,12,13)/t7-/m0/s1. The summed E-state index contributed by atoms with van der Waals surface area (Å²) in [5.74, 6) is -1.81. The molecule has 0 aromatic carbocycles. The molecule has 0 aromatic rings. The van der Waals surface area contributed by atoms with Crippen LogP contribution in [0.15, 0.2) is 0 Å². The van der Waals surface area contributed by atoms with Crippen molar-refractivity contribution in [3.63, 3.8) is 0 Å². The Morgan fingerprint density at radius 3 is 2.23 bits per heavy atom. The summed E-state index contributed by atoms with van der Waals surface area (Å²) < 4.78 is 0. The fourth-order valence-corrected chi connectivity index (χ4v) is 0.817. The third-order valence-electron chi connectivity index (χ3n) is 1.50. The van der Waals surface area contributed by atoms with E-state index < -0.39 is 17.9 Å². The molecular weight excluding hydrogens is 174 g/mol. The fourth-order valence-electron chi connectivity index (χ4n) is 0.817. The van der Waals surface area contributed by atoms with Gasteiger partial charge in [0.15, 0.2) is 0 Å². The Bertz CT molecular complexity index is 224. The summed E-state index contributed by atoms with van der Waals surface area (Å²) in [7, 11) is 0. The van der Waals surface area contributed by atoms with Crippen LogP contribution >= 0.6 is 0 Å². The first-order valence-corrected chi connectivity index (χ1v) is 3.99. The van der Waals surface area contributed by atoms with Crippen molar-refractivity contribution < 1.29 is 19.5 Å². The molecule has 0 unspecified atom stereocenters. The summed E-state index contributed by atoms with van der Waals surface area (Å²) in [4.78, 5) is 32.0. The van der Waals surface area contributed by atoms with Gasteiger partial charge in [-0.2, -0.15) is 0 Å². The summed E-state index contributed by atoms with van der Waals surface area (Å²) in [6.45, 7) is 2.86. The van der Waals surface area contributed by atoms with E-state index in [1.165, 1.54) is 6.92 Å². The van der Waals surface area contributed by atoms with Gasteiger partial charge in [-0.25, -0.2) is 4.79 Å². The van der Waals surface area contributed by atoms with E-state index in [9.17, 15) is 14.4 Å². The highest BCUT2D eigenvalue weighted by Gasteiger charge is 2.20. The number of Topliss-reactive ketones (excluding diaryl/α,β-unsaturated/α-hetero) is 1. The van der Waals surface area contributed by atoms with E-state index in [0.29, 0.717) is 0 Å². The third-order valence-corrected chi connectivity index (χ3v) is 1.50. The molecule has 0 heterocycles. The summed E-state index contributed by atoms with van der Waals surface area (Å²) in [5, 5.41) is 10.8. The SMILES string of the molecule is CCC(=O)C[C@H](NC(C)=O)C(=O)O. The normalized spacial score (nSPS) is 11.8. The molecule has 0 fully saturated rings. The van der Waals surface area contributed by atoms with Gasteiger partial charge in [0.25, 0.3) is 0 Å². The van der Waals surface area contributed by atoms with Crippen LogP contribution in [0.3, 0.4) is 0 Å². The molecule has 1 amide bonds. The van der Waals surface area contributed by atoms with Gasteiger partial charge in [-0.05, 0) is 0 Å². The zero-order valence-electron chi connectivity index (χ0n) is 7.66. The van der Waals surface area contributed by atoms with E-state index >= 15 is 0 Å². The topological polar surface area (TPSA) is 83.5 Å². The van der Waals surface area contributed by atoms with Crippen molar-refractivity contribution in [2.24, 2.45) is 0 Å². The minimum absolute atomic E-state index is 0.147. The molecular formula is C8H13NO4. The molecule has 2 N–H and O–H groups in total. The van der Waals surface area contributed by atoms with Gasteiger partial charge in [0.1, 0.15) is 11.8 Å². The second-order valence-electron chi connectivity index (χ2n) is 2.69. The Kier molecular flexibility index (Phi) is 4.72. The molecule has 1 atom stereocenters. The second kappa shape index (κ2) is 5.29. The van der Waals surface area contributed by atoms with Crippen LogP contribution in [0, 0.1) is 0 Å². The number of nitrogens with one attached hydrogen (secondary N) is 1. The minimum atomic E-state index is -1.18. The monoisotopic (exact) mass is 187 g/mol. The number of carbonyl (C=O) groups is 3. The van der Waals surface area contributed by atoms with Gasteiger partial charge in [-0.1, -0.05) is 6.92 Å². The molecule has 0 radical (unpaired) electrons. The van der Waals surface area contributed by atoms with Gasteiger partial charge >= 0.3 is 5.97 Å². The smallest absolute Gasteiger partial charge is 0.326 e. The molecule has 0 spiro atoms. The lowest BCUT2D eigenvalue weighted by molar-refractivity contribution is -0.143. The van der Waals surface area contributed by atoms with Gasteiger partial charge in [0.05, 0.1) is 0 Å². The number of amides is 1. The molecule has 5 nitrogen and oxygen atoms in total. The Labute approximate surface area is 76.1 Å². The summed E-state index contributed by atoms with van der Waals surface area (Å²) in [6, 6.07) is -1.09. The van der Waals surface area contributed by atoms with Crippen molar-refractivity contribution in [3.8, 4) is 0 Å². The Balaban J connectivity index is 4.18. The summed E-state index contributed by atoms with van der Waals surface area (Å²) in [6.07, 6.45) is 0.134. The number of carboxylic acid groups (broad SMARTS) is 1. The molecule has 0 aliphatic rings. The number of ketones is 1. The molecule has 0 aliphatic carbocycles. The maximum absolute atomic E-state index is 10.9. The average Bonchev–Trinajstić information content (AvgIpc) is 2.02. The molecule has 0 bridgehead atoms. The van der Waals surface area contributed by atoms with Gasteiger partial charge < -0.3 is 10.4 Å². The third kappa shape index (κ3) is 4.95. The summed E-state index contributed by atoms with van der Waals surface area (Å²) >= 11 is 0. The van der Waals surface area contributed by atoms with Gasteiger partial charge in [-0.3, -0.25) is 9.59 Å². The van der Waals surface area contributed by atoms with Crippen LogP contribution in [0.4, 0.5) is 0 Å². The van der Waals surface area contributed by atoms with E-state index in [2.05, 4.69) is 5.32 Å². The fraction of sp³-hybridized carbons (Fsp3) is 0.625. The van der Waals surface area contributed by atoms with Crippen molar-refractivity contribution in [2.45, 2.75) is 32.7 Å². The number of carbonyl (C=O) groups excluding carboxylic acids is 2. The Morgan fingerprint density at radius 1 is 1.38 bits per heavy atom. The van der Waals surface area contributed by atoms with E-state index in [-0.39, 0.29) is 18.6 Å². The van der Waals surface area contributed by atoms with Crippen LogP contribution in [0.25, 0.3) is 0 Å². The number of hydrogen-bond donors (Lipinski definition) is 2. The summed E-state index contributed by atoms with van der Waals surface area (Å²) in [5.41, 5.74) is 0. The molecule has 74 valence electrons. The molecule has 0 saturated heterocycles. The van der Waals surface area contributed by atoms with Crippen LogP contribution in [0.5, 0.6) is 0 Å².